The summed E-state index contributed by atoms with van der Waals surface area (Å²) in [5.74, 6) is -0.935. The molecule has 7 heteroatoms. The molecule has 22 heavy (non-hydrogen) atoms. The van der Waals surface area contributed by atoms with E-state index in [9.17, 15) is 14.7 Å². The van der Waals surface area contributed by atoms with Gasteiger partial charge in [0.2, 0.25) is 6.29 Å². The first-order valence-electron chi connectivity index (χ1n) is 6.81. The van der Waals surface area contributed by atoms with Crippen molar-refractivity contribution in [3.63, 3.8) is 0 Å². The molecule has 1 aliphatic heterocycles. The fraction of sp³-hybridized carbons (Fsp3) is 0.200. The molecule has 114 valence electrons. The molecule has 2 aromatic rings. The number of nitrogens with one attached hydrogen (secondary N) is 1. The minimum atomic E-state index is -1.31. The van der Waals surface area contributed by atoms with Crippen molar-refractivity contribution in [1.29, 1.82) is 0 Å². The van der Waals surface area contributed by atoms with Crippen molar-refractivity contribution in [3.05, 3.63) is 60.7 Å². The zero-order valence-corrected chi connectivity index (χ0v) is 11.6. The maximum Gasteiger partial charge on any atom is 0.310 e. The summed E-state index contributed by atoms with van der Waals surface area (Å²) < 4.78 is 8.01. The largest absolute Gasteiger partial charge is 0.434 e. The predicted molar refractivity (Wildman–Crippen MR) is 76.4 cm³/mol. The Bertz CT molecular complexity index is 763. The fourth-order valence-corrected chi connectivity index (χ4v) is 2.26. The molecule has 3 heterocycles. The van der Waals surface area contributed by atoms with Gasteiger partial charge in [0.15, 0.2) is 0 Å². The minimum absolute atomic E-state index is 0.0434. The summed E-state index contributed by atoms with van der Waals surface area (Å²) in [6, 6.07) is 10.0. The van der Waals surface area contributed by atoms with Crippen molar-refractivity contribution in [3.8, 4) is 0 Å². The number of rotatable bonds is 2. The number of aromatic nitrogens is 2. The molecule has 2 N–H and O–H groups in total. The van der Waals surface area contributed by atoms with Crippen LogP contribution in [0.4, 0.5) is 0 Å². The van der Waals surface area contributed by atoms with Gasteiger partial charge in [-0.1, -0.05) is 12.1 Å². The Labute approximate surface area is 126 Å². The Kier molecular flexibility index (Phi) is 3.80. The molecular formula is C15H15N3O4. The molecule has 1 fully saturated rings. The van der Waals surface area contributed by atoms with Gasteiger partial charge in [0, 0.05) is 18.6 Å². The number of nitrogens with zero attached hydrogens (tertiary/aromatic N) is 2. The van der Waals surface area contributed by atoms with Gasteiger partial charge in [0.1, 0.15) is 11.7 Å². The highest BCUT2D eigenvalue weighted by molar-refractivity contribution is 5.93. The molecule has 0 saturated carbocycles. The first-order chi connectivity index (χ1) is 10.6. The number of ether oxygens (including phenoxy) is 1. The van der Waals surface area contributed by atoms with E-state index in [1.807, 2.05) is 18.2 Å². The molecule has 1 aliphatic rings. The zero-order chi connectivity index (χ0) is 15.5. The lowest BCUT2D eigenvalue weighted by Gasteiger charge is -2.15. The second kappa shape index (κ2) is 5.90. The standard InChI is InChI=1S/C15H15N3O4/c19-13-10-11(15(21)22-13)16-14(20)12-6-5-8-17-7-3-1-2-4-9-18(12)17/h1-9,11,15,21H,10H2,(H,16,20). The molecule has 0 aliphatic carbocycles. The van der Waals surface area contributed by atoms with Crippen LogP contribution in [-0.4, -0.2) is 38.3 Å². The lowest BCUT2D eigenvalue weighted by Crippen LogP contribution is -2.41. The Balaban J connectivity index is 1.95. The SMILES string of the molecule is O=C1CC(NC(=O)c2cccn3ccccccn23)C(O)O1. The number of aliphatic hydroxyl groups excluding tert-OH is 1. The van der Waals surface area contributed by atoms with Crippen molar-refractivity contribution in [2.75, 3.05) is 0 Å². The van der Waals surface area contributed by atoms with E-state index in [1.54, 1.807) is 45.8 Å². The van der Waals surface area contributed by atoms with Gasteiger partial charge in [0.25, 0.3) is 5.91 Å². The highest BCUT2D eigenvalue weighted by Crippen LogP contribution is 2.13. The summed E-state index contributed by atoms with van der Waals surface area (Å²) in [5.41, 5.74) is 0.366. The van der Waals surface area contributed by atoms with E-state index in [2.05, 4.69) is 10.1 Å². The number of carbonyl (C=O) groups excluding carboxylic acids is 2. The second-order valence-electron chi connectivity index (χ2n) is 4.85. The quantitative estimate of drug-likeness (QED) is 0.792. The summed E-state index contributed by atoms with van der Waals surface area (Å²) in [4.78, 5) is 23.6. The van der Waals surface area contributed by atoms with E-state index in [1.165, 1.54) is 0 Å². The van der Waals surface area contributed by atoms with Gasteiger partial charge in [-0.05, 0) is 24.3 Å². The van der Waals surface area contributed by atoms with E-state index < -0.39 is 24.2 Å². The number of fused-ring (bicyclic) bond motifs is 1. The van der Waals surface area contributed by atoms with Crippen molar-refractivity contribution in [2.45, 2.75) is 18.8 Å². The number of hydrogen-bond donors (Lipinski definition) is 2. The summed E-state index contributed by atoms with van der Waals surface area (Å²) in [5, 5.41) is 12.2. The number of hydrogen-bond acceptors (Lipinski definition) is 4. The maximum atomic E-state index is 12.4. The van der Waals surface area contributed by atoms with Crippen molar-refractivity contribution in [2.24, 2.45) is 0 Å². The number of cyclic esters (lactones) is 1. The van der Waals surface area contributed by atoms with Crippen LogP contribution in [0, 0.1) is 0 Å². The van der Waals surface area contributed by atoms with Crippen LogP contribution in [-0.2, 0) is 9.53 Å². The van der Waals surface area contributed by atoms with Gasteiger partial charge in [-0.15, -0.1) is 0 Å². The van der Waals surface area contributed by atoms with E-state index in [4.69, 9.17) is 0 Å². The molecule has 2 unspecified atom stereocenters. The van der Waals surface area contributed by atoms with Crippen LogP contribution in [0.2, 0.25) is 0 Å². The summed E-state index contributed by atoms with van der Waals surface area (Å²) in [6.07, 6.45) is 3.99. The Hall–Kier alpha value is -2.80. The summed E-state index contributed by atoms with van der Waals surface area (Å²) in [6.45, 7) is 0. The molecule has 0 bridgehead atoms. The third kappa shape index (κ3) is 2.79. The minimum Gasteiger partial charge on any atom is -0.434 e. The number of esters is 1. The van der Waals surface area contributed by atoms with Gasteiger partial charge in [-0.3, -0.25) is 18.6 Å². The van der Waals surface area contributed by atoms with Crippen LogP contribution in [0.5, 0.6) is 0 Å². The number of carbonyl (C=O) groups is 2. The monoisotopic (exact) mass is 301 g/mol. The van der Waals surface area contributed by atoms with Crippen LogP contribution < -0.4 is 5.32 Å². The lowest BCUT2D eigenvalue weighted by atomic mass is 10.2. The molecule has 0 aromatic carbocycles. The van der Waals surface area contributed by atoms with Crippen molar-refractivity contribution >= 4 is 11.9 Å². The van der Waals surface area contributed by atoms with E-state index in [-0.39, 0.29) is 6.42 Å². The van der Waals surface area contributed by atoms with Crippen LogP contribution >= 0.6 is 0 Å². The normalized spacial score (nSPS) is 20.5. The third-order valence-electron chi connectivity index (χ3n) is 3.32. The van der Waals surface area contributed by atoms with Gasteiger partial charge in [-0.2, -0.15) is 0 Å². The Morgan fingerprint density at radius 2 is 1.91 bits per heavy atom. The molecule has 2 atom stereocenters. The Morgan fingerprint density at radius 3 is 2.64 bits per heavy atom. The van der Waals surface area contributed by atoms with Gasteiger partial charge >= 0.3 is 5.97 Å². The summed E-state index contributed by atoms with van der Waals surface area (Å²) >= 11 is 0. The number of aliphatic hydroxyl groups is 1. The fourth-order valence-electron chi connectivity index (χ4n) is 2.26. The molecule has 1 amide bonds. The average molecular weight is 301 g/mol. The van der Waals surface area contributed by atoms with Crippen molar-refractivity contribution in [1.82, 2.24) is 14.3 Å². The average Bonchev–Trinajstić information content (AvgIpc) is 2.77. The molecule has 0 spiro atoms. The van der Waals surface area contributed by atoms with Gasteiger partial charge in [-0.25, -0.2) is 0 Å². The van der Waals surface area contributed by atoms with Crippen LogP contribution in [0.25, 0.3) is 0 Å². The topological polar surface area (TPSA) is 84.5 Å². The first-order valence-corrected chi connectivity index (χ1v) is 6.81. The van der Waals surface area contributed by atoms with E-state index in [0.717, 1.165) is 0 Å². The van der Waals surface area contributed by atoms with Crippen LogP contribution in [0.15, 0.2) is 55.0 Å². The maximum absolute atomic E-state index is 12.4. The molecule has 1 saturated heterocycles. The zero-order valence-electron chi connectivity index (χ0n) is 11.6. The van der Waals surface area contributed by atoms with Gasteiger partial charge in [0.05, 0.1) is 6.42 Å². The molecular weight excluding hydrogens is 286 g/mol. The predicted octanol–water partition coefficient (Wildman–Crippen LogP) is 0.527. The number of amides is 1. The van der Waals surface area contributed by atoms with Crippen LogP contribution in [0.1, 0.15) is 16.9 Å². The molecule has 2 aromatic heterocycles. The summed E-state index contributed by atoms with van der Waals surface area (Å²) in [7, 11) is 0. The van der Waals surface area contributed by atoms with Gasteiger partial charge < -0.3 is 15.2 Å². The van der Waals surface area contributed by atoms with E-state index in [0.29, 0.717) is 5.69 Å². The molecule has 7 nitrogen and oxygen atoms in total. The third-order valence-corrected chi connectivity index (χ3v) is 3.32. The highest BCUT2D eigenvalue weighted by atomic mass is 16.6. The Morgan fingerprint density at radius 1 is 1.18 bits per heavy atom. The highest BCUT2D eigenvalue weighted by Gasteiger charge is 2.34. The van der Waals surface area contributed by atoms with E-state index >= 15 is 0 Å². The first kappa shape index (κ1) is 14.2. The van der Waals surface area contributed by atoms with Crippen molar-refractivity contribution < 1.29 is 19.4 Å². The second-order valence-corrected chi connectivity index (χ2v) is 4.85. The molecule has 3 rings (SSSR count). The smallest absolute Gasteiger partial charge is 0.310 e. The lowest BCUT2D eigenvalue weighted by molar-refractivity contribution is -0.154. The van der Waals surface area contributed by atoms with Crippen LogP contribution in [0.3, 0.4) is 0 Å². The molecule has 0 radical (unpaired) electrons.